The largest absolute Gasteiger partial charge is 0.485 e. The number of nitrogens with zero attached hydrogens (tertiary/aromatic N) is 4. The van der Waals surface area contributed by atoms with Crippen molar-refractivity contribution < 1.29 is 13.9 Å². The van der Waals surface area contributed by atoms with Gasteiger partial charge in [-0.05, 0) is 30.7 Å². The molecule has 30 heavy (non-hydrogen) atoms. The Morgan fingerprint density at radius 2 is 2.20 bits per heavy atom. The maximum atomic E-state index is 13.9. The van der Waals surface area contributed by atoms with E-state index in [0.717, 1.165) is 6.07 Å². The van der Waals surface area contributed by atoms with Gasteiger partial charge in [0.15, 0.2) is 0 Å². The minimum absolute atomic E-state index is 0.0700. The number of fused-ring (bicyclic) bond motifs is 3. The number of aliphatic imine (C=N–C) groups is 1. The van der Waals surface area contributed by atoms with Crippen LogP contribution in [0.15, 0.2) is 35.5 Å². The highest BCUT2D eigenvalue weighted by Gasteiger charge is 2.29. The van der Waals surface area contributed by atoms with Crippen LogP contribution in [0.3, 0.4) is 0 Å². The van der Waals surface area contributed by atoms with E-state index in [1.54, 1.807) is 13.0 Å². The molecule has 0 saturated heterocycles. The van der Waals surface area contributed by atoms with Crippen molar-refractivity contribution in [2.75, 3.05) is 26.4 Å². The lowest BCUT2D eigenvalue weighted by molar-refractivity contribution is 0.0806. The molecule has 2 aromatic rings. The number of nitrogens with two attached hydrogens (primary N) is 1. The maximum Gasteiger partial charge on any atom is 0.257 e. The maximum absolute atomic E-state index is 13.9. The second-order valence-electron chi connectivity index (χ2n) is 6.98. The van der Waals surface area contributed by atoms with Crippen molar-refractivity contribution in [1.29, 1.82) is 10.7 Å². The molecule has 154 valence electrons. The zero-order valence-corrected chi connectivity index (χ0v) is 16.8. The van der Waals surface area contributed by atoms with E-state index in [2.05, 4.69) is 9.98 Å². The van der Waals surface area contributed by atoms with Crippen molar-refractivity contribution in [1.82, 2.24) is 9.88 Å². The zero-order valence-electron chi connectivity index (χ0n) is 16.8. The van der Waals surface area contributed by atoms with Crippen LogP contribution in [-0.4, -0.2) is 47.9 Å². The molecule has 8 nitrogen and oxygen atoms in total. The molecule has 3 rings (SSSR count). The Labute approximate surface area is 173 Å². The number of rotatable bonds is 1. The highest BCUT2D eigenvalue weighted by atomic mass is 19.1. The highest BCUT2D eigenvalue weighted by Crippen LogP contribution is 2.32. The normalized spacial score (nSPS) is 19.8. The van der Waals surface area contributed by atoms with Gasteiger partial charge in [0.1, 0.15) is 35.3 Å². The van der Waals surface area contributed by atoms with Crippen LogP contribution in [0.25, 0.3) is 0 Å². The average molecular weight is 408 g/mol. The van der Waals surface area contributed by atoms with E-state index in [1.165, 1.54) is 37.3 Å². The molecule has 1 aromatic carbocycles. The number of benzene rings is 1. The Kier molecular flexibility index (Phi) is 5.78. The first kappa shape index (κ1) is 20.9. The van der Waals surface area contributed by atoms with Crippen LogP contribution < -0.4 is 10.5 Å². The molecule has 0 saturated carbocycles. The molecule has 1 aliphatic rings. The smallest absolute Gasteiger partial charge is 0.257 e. The number of amides is 1. The summed E-state index contributed by atoms with van der Waals surface area (Å²) >= 11 is 0. The number of pyridine rings is 1. The van der Waals surface area contributed by atoms with Crippen molar-refractivity contribution in [2.45, 2.75) is 18.9 Å². The number of ether oxygens (including phenoxy) is 1. The molecule has 1 aromatic heterocycles. The van der Waals surface area contributed by atoms with Gasteiger partial charge in [0, 0.05) is 37.6 Å². The first-order chi connectivity index (χ1) is 14.3. The fraction of sp³-hybridized carbons (Fsp3) is 0.286. The summed E-state index contributed by atoms with van der Waals surface area (Å²) in [5.74, 6) is -1.51. The molecule has 0 spiro atoms. The van der Waals surface area contributed by atoms with E-state index in [4.69, 9.17) is 15.9 Å². The summed E-state index contributed by atoms with van der Waals surface area (Å²) in [7, 11) is 3.00. The summed E-state index contributed by atoms with van der Waals surface area (Å²) in [4.78, 5) is 22.5. The number of carbonyl (C=O) groups excluding carboxylic acids is 1. The summed E-state index contributed by atoms with van der Waals surface area (Å²) in [5, 5.41) is 18.1. The number of hydrogen-bond donors (Lipinski definition) is 2. The number of nitriles is 1. The fourth-order valence-corrected chi connectivity index (χ4v) is 3.41. The predicted octanol–water partition coefficient (Wildman–Crippen LogP) is 2.73. The van der Waals surface area contributed by atoms with Crippen LogP contribution >= 0.6 is 0 Å². The Morgan fingerprint density at radius 3 is 2.87 bits per heavy atom. The first-order valence-corrected chi connectivity index (χ1v) is 9.17. The molecule has 2 heterocycles. The fourth-order valence-electron chi connectivity index (χ4n) is 3.41. The third-order valence-corrected chi connectivity index (χ3v) is 4.95. The van der Waals surface area contributed by atoms with Gasteiger partial charge in [-0.1, -0.05) is 0 Å². The molecule has 0 fully saturated rings. The predicted molar refractivity (Wildman–Crippen MR) is 110 cm³/mol. The topological polar surface area (TPSA) is 128 Å². The molecular formula is C21H21FN6O2. The standard InChI is InChI=1S/C21H21FN6O2/c1-11-15-6-12(9-27-20(15)25)19(17(8-23)26-2)16(24)10-28(3)21(29)14-5-4-13(22)7-18(14)30-11/h4-7,9,11,19,24H,10H2,1-3H3,(H2,25,27). The summed E-state index contributed by atoms with van der Waals surface area (Å²) in [6, 6.07) is 7.38. The Balaban J connectivity index is 2.23. The van der Waals surface area contributed by atoms with Gasteiger partial charge >= 0.3 is 0 Å². The second kappa shape index (κ2) is 8.29. The minimum atomic E-state index is -0.790. The van der Waals surface area contributed by atoms with Gasteiger partial charge in [-0.2, -0.15) is 5.26 Å². The summed E-state index contributed by atoms with van der Waals surface area (Å²) < 4.78 is 19.8. The van der Waals surface area contributed by atoms with E-state index in [-0.39, 0.29) is 35.1 Å². The zero-order chi connectivity index (χ0) is 22.0. The van der Waals surface area contributed by atoms with Gasteiger partial charge in [0.05, 0.1) is 18.0 Å². The molecule has 0 radical (unpaired) electrons. The molecule has 2 atom stereocenters. The Bertz CT molecular complexity index is 1090. The molecule has 0 aliphatic carbocycles. The van der Waals surface area contributed by atoms with Gasteiger partial charge in [-0.25, -0.2) is 9.37 Å². The van der Waals surface area contributed by atoms with Crippen LogP contribution in [0.2, 0.25) is 0 Å². The molecule has 3 N–H and O–H groups in total. The van der Waals surface area contributed by atoms with Gasteiger partial charge in [0.25, 0.3) is 5.91 Å². The van der Waals surface area contributed by atoms with Gasteiger partial charge in [-0.15, -0.1) is 0 Å². The number of aromatic nitrogens is 1. The quantitative estimate of drug-likeness (QED) is 0.701. The second-order valence-corrected chi connectivity index (χ2v) is 6.98. The summed E-state index contributed by atoms with van der Waals surface area (Å²) in [6.07, 6.45) is 0.809. The number of nitrogen functional groups attached to an aromatic ring is 1. The van der Waals surface area contributed by atoms with Gasteiger partial charge < -0.3 is 20.8 Å². The molecule has 1 amide bonds. The molecular weight excluding hydrogens is 387 g/mol. The SMILES string of the molecule is CN=C(C#N)C1C(=N)CN(C)C(=O)c2ccc(F)cc2OC(C)c2cc1cnc2N. The molecule has 1 aliphatic heterocycles. The van der Waals surface area contributed by atoms with Crippen molar-refractivity contribution in [3.8, 4) is 11.8 Å². The Morgan fingerprint density at radius 1 is 1.47 bits per heavy atom. The number of nitrogens with one attached hydrogen (secondary N) is 1. The summed E-state index contributed by atoms with van der Waals surface area (Å²) in [6.45, 7) is 1.63. The lowest BCUT2D eigenvalue weighted by Gasteiger charge is -2.26. The number of hydrogen-bond acceptors (Lipinski definition) is 7. The number of carbonyl (C=O) groups is 1. The van der Waals surface area contributed by atoms with Crippen molar-refractivity contribution >= 4 is 23.1 Å². The molecule has 2 bridgehead atoms. The van der Waals surface area contributed by atoms with Crippen molar-refractivity contribution in [3.05, 3.63) is 53.0 Å². The lowest BCUT2D eigenvalue weighted by Crippen LogP contribution is -2.36. The van der Waals surface area contributed by atoms with Crippen molar-refractivity contribution in [3.63, 3.8) is 0 Å². The van der Waals surface area contributed by atoms with Crippen LogP contribution in [0.1, 0.15) is 40.4 Å². The van der Waals surface area contributed by atoms with E-state index >= 15 is 0 Å². The Hall–Kier alpha value is -3.80. The average Bonchev–Trinajstić information content (AvgIpc) is 2.71. The minimum Gasteiger partial charge on any atom is -0.485 e. The van der Waals surface area contributed by atoms with E-state index in [0.29, 0.717) is 11.1 Å². The van der Waals surface area contributed by atoms with E-state index in [9.17, 15) is 14.4 Å². The lowest BCUT2D eigenvalue weighted by atomic mass is 9.89. The number of halogens is 1. The van der Waals surface area contributed by atoms with Crippen LogP contribution in [0, 0.1) is 22.6 Å². The van der Waals surface area contributed by atoms with E-state index < -0.39 is 23.7 Å². The highest BCUT2D eigenvalue weighted by molar-refractivity contribution is 6.18. The van der Waals surface area contributed by atoms with Crippen LogP contribution in [0.4, 0.5) is 10.2 Å². The number of anilines is 1. The van der Waals surface area contributed by atoms with Gasteiger partial charge in [0.2, 0.25) is 0 Å². The third kappa shape index (κ3) is 3.85. The van der Waals surface area contributed by atoms with Gasteiger partial charge in [-0.3, -0.25) is 9.79 Å². The third-order valence-electron chi connectivity index (χ3n) is 4.95. The summed E-state index contributed by atoms with van der Waals surface area (Å²) in [5.41, 5.74) is 7.42. The first-order valence-electron chi connectivity index (χ1n) is 9.17. The molecule has 2 unspecified atom stereocenters. The van der Waals surface area contributed by atoms with E-state index in [1.807, 2.05) is 6.07 Å². The monoisotopic (exact) mass is 408 g/mol. The van der Waals surface area contributed by atoms with Crippen LogP contribution in [-0.2, 0) is 0 Å². The van der Waals surface area contributed by atoms with Crippen LogP contribution in [0.5, 0.6) is 5.75 Å². The van der Waals surface area contributed by atoms with Crippen molar-refractivity contribution in [2.24, 2.45) is 4.99 Å². The molecule has 9 heteroatoms.